The molecule has 7 heteroatoms. The van der Waals surface area contributed by atoms with Gasteiger partial charge in [-0.25, -0.2) is 13.1 Å². The molecule has 0 heterocycles. The number of hydrogen-bond acceptors (Lipinski definition) is 3. The molecule has 1 saturated carbocycles. The van der Waals surface area contributed by atoms with Crippen LogP contribution in [0, 0.1) is 5.92 Å². The fourth-order valence-electron chi connectivity index (χ4n) is 2.63. The van der Waals surface area contributed by atoms with Gasteiger partial charge in [0.25, 0.3) is 0 Å². The molecule has 0 saturated heterocycles. The van der Waals surface area contributed by atoms with Crippen molar-refractivity contribution in [1.29, 1.82) is 0 Å². The lowest BCUT2D eigenvalue weighted by Crippen LogP contribution is -2.27. The minimum Gasteiger partial charge on any atom is -0.398 e. The van der Waals surface area contributed by atoms with Gasteiger partial charge in [-0.2, -0.15) is 0 Å². The predicted octanol–water partition coefficient (Wildman–Crippen LogP) is 3.65. The minimum absolute atomic E-state index is 0.118. The highest BCUT2D eigenvalue weighted by Gasteiger charge is 2.22. The number of nitrogen functional groups attached to an aromatic ring is 1. The van der Waals surface area contributed by atoms with Gasteiger partial charge in [0, 0.05) is 15.5 Å². The van der Waals surface area contributed by atoms with Crippen LogP contribution < -0.4 is 10.5 Å². The summed E-state index contributed by atoms with van der Waals surface area (Å²) < 4.78 is 28.5. The van der Waals surface area contributed by atoms with Crippen molar-refractivity contribution in [3.8, 4) is 0 Å². The van der Waals surface area contributed by atoms with Crippen molar-refractivity contribution in [3.63, 3.8) is 0 Å². The quantitative estimate of drug-likeness (QED) is 0.707. The molecule has 0 bridgehead atoms. The van der Waals surface area contributed by atoms with E-state index in [1.165, 1.54) is 25.7 Å². The number of rotatable bonds is 5. The smallest absolute Gasteiger partial charge is 0.243 e. The third-order valence-corrected chi connectivity index (χ3v) is 6.55. The molecular formula is C13H18Br2N2O2S. The first-order valence-corrected chi connectivity index (χ1v) is 9.71. The Morgan fingerprint density at radius 2 is 1.90 bits per heavy atom. The van der Waals surface area contributed by atoms with E-state index < -0.39 is 10.0 Å². The van der Waals surface area contributed by atoms with Crippen LogP contribution in [0.5, 0.6) is 0 Å². The van der Waals surface area contributed by atoms with Gasteiger partial charge in [0.15, 0.2) is 0 Å². The molecular weight excluding hydrogens is 408 g/mol. The number of anilines is 1. The molecule has 0 amide bonds. The Bertz CT molecular complexity index is 561. The third kappa shape index (κ3) is 3.96. The zero-order chi connectivity index (χ0) is 14.8. The summed E-state index contributed by atoms with van der Waals surface area (Å²) in [5, 5.41) is 0. The van der Waals surface area contributed by atoms with Gasteiger partial charge in [0.05, 0.1) is 5.69 Å². The van der Waals surface area contributed by atoms with E-state index in [4.69, 9.17) is 5.73 Å². The average Bonchev–Trinajstić information content (AvgIpc) is 2.79. The molecule has 0 spiro atoms. The SMILES string of the molecule is Nc1cc(Br)cc(Br)c1S(=O)(=O)NCCC1CCCC1. The highest BCUT2D eigenvalue weighted by atomic mass is 79.9. The molecule has 4 nitrogen and oxygen atoms in total. The van der Waals surface area contributed by atoms with Crippen LogP contribution in [0.2, 0.25) is 0 Å². The van der Waals surface area contributed by atoms with Crippen molar-refractivity contribution < 1.29 is 8.42 Å². The first-order chi connectivity index (χ1) is 9.40. The minimum atomic E-state index is -3.57. The number of halogens is 2. The number of nitrogens with two attached hydrogens (primary N) is 1. The monoisotopic (exact) mass is 424 g/mol. The van der Waals surface area contributed by atoms with Crippen LogP contribution in [0.1, 0.15) is 32.1 Å². The van der Waals surface area contributed by atoms with Gasteiger partial charge in [0.1, 0.15) is 4.90 Å². The lowest BCUT2D eigenvalue weighted by Gasteiger charge is -2.13. The second-order valence-electron chi connectivity index (χ2n) is 5.14. The molecule has 1 fully saturated rings. The van der Waals surface area contributed by atoms with E-state index in [1.54, 1.807) is 12.1 Å². The second-order valence-corrected chi connectivity index (χ2v) is 8.62. The lowest BCUT2D eigenvalue weighted by atomic mass is 10.1. The van der Waals surface area contributed by atoms with Gasteiger partial charge in [0.2, 0.25) is 10.0 Å². The molecule has 3 N–H and O–H groups in total. The van der Waals surface area contributed by atoms with E-state index >= 15 is 0 Å². The Morgan fingerprint density at radius 1 is 1.25 bits per heavy atom. The van der Waals surface area contributed by atoms with Crippen LogP contribution in [0.25, 0.3) is 0 Å². The van der Waals surface area contributed by atoms with E-state index in [0.717, 1.165) is 10.9 Å². The Morgan fingerprint density at radius 3 is 2.50 bits per heavy atom. The molecule has 20 heavy (non-hydrogen) atoms. The van der Waals surface area contributed by atoms with Gasteiger partial charge >= 0.3 is 0 Å². The van der Waals surface area contributed by atoms with Crippen LogP contribution in [0.15, 0.2) is 26.0 Å². The summed E-state index contributed by atoms with van der Waals surface area (Å²) in [5.41, 5.74) is 6.06. The Labute approximate surface area is 136 Å². The van der Waals surface area contributed by atoms with Gasteiger partial charge < -0.3 is 5.73 Å². The molecule has 0 unspecified atom stereocenters. The van der Waals surface area contributed by atoms with E-state index in [1.807, 2.05) is 0 Å². The summed E-state index contributed by atoms with van der Waals surface area (Å²) in [6, 6.07) is 3.28. The summed E-state index contributed by atoms with van der Waals surface area (Å²) in [7, 11) is -3.57. The highest BCUT2D eigenvalue weighted by Crippen LogP contribution is 2.32. The lowest BCUT2D eigenvalue weighted by molar-refractivity contribution is 0.495. The van der Waals surface area contributed by atoms with E-state index in [-0.39, 0.29) is 10.6 Å². The summed E-state index contributed by atoms with van der Waals surface area (Å²) in [6.07, 6.45) is 5.86. The van der Waals surface area contributed by atoms with Crippen molar-refractivity contribution in [2.45, 2.75) is 37.0 Å². The van der Waals surface area contributed by atoms with Crippen molar-refractivity contribution in [2.75, 3.05) is 12.3 Å². The fourth-order valence-corrected chi connectivity index (χ4v) is 5.75. The molecule has 1 aliphatic rings. The Hall–Kier alpha value is -0.110. The van der Waals surface area contributed by atoms with Crippen LogP contribution >= 0.6 is 31.9 Å². The molecule has 1 aromatic rings. The molecule has 1 aromatic carbocycles. The fraction of sp³-hybridized carbons (Fsp3) is 0.538. The van der Waals surface area contributed by atoms with Crippen LogP contribution in [0.3, 0.4) is 0 Å². The standard InChI is InChI=1S/C13H18Br2N2O2S/c14-10-7-11(15)13(12(16)8-10)20(18,19)17-6-5-9-3-1-2-4-9/h7-9,17H,1-6,16H2. The van der Waals surface area contributed by atoms with Crippen LogP contribution in [-0.2, 0) is 10.0 Å². The Balaban J connectivity index is 2.06. The largest absolute Gasteiger partial charge is 0.398 e. The van der Waals surface area contributed by atoms with Gasteiger partial charge in [-0.15, -0.1) is 0 Å². The number of nitrogens with one attached hydrogen (secondary N) is 1. The van der Waals surface area contributed by atoms with Crippen LogP contribution in [-0.4, -0.2) is 15.0 Å². The van der Waals surface area contributed by atoms with E-state index in [9.17, 15) is 8.42 Å². The van der Waals surface area contributed by atoms with Gasteiger partial charge in [-0.3, -0.25) is 0 Å². The molecule has 112 valence electrons. The molecule has 0 aromatic heterocycles. The number of hydrogen-bond donors (Lipinski definition) is 2. The van der Waals surface area contributed by atoms with Gasteiger partial charge in [-0.05, 0) is 40.4 Å². The van der Waals surface area contributed by atoms with Crippen molar-refractivity contribution >= 4 is 47.6 Å². The summed E-state index contributed by atoms with van der Waals surface area (Å²) in [6.45, 7) is 0.467. The zero-order valence-corrected chi connectivity index (χ0v) is 15.0. The van der Waals surface area contributed by atoms with E-state index in [2.05, 4.69) is 36.6 Å². The van der Waals surface area contributed by atoms with Crippen molar-refractivity contribution in [3.05, 3.63) is 21.1 Å². The maximum Gasteiger partial charge on any atom is 0.243 e. The van der Waals surface area contributed by atoms with E-state index in [0.29, 0.717) is 16.9 Å². The van der Waals surface area contributed by atoms with Crippen LogP contribution in [0.4, 0.5) is 5.69 Å². The average molecular weight is 426 g/mol. The topological polar surface area (TPSA) is 72.2 Å². The van der Waals surface area contributed by atoms with Crippen molar-refractivity contribution in [2.24, 2.45) is 5.92 Å². The third-order valence-electron chi connectivity index (χ3n) is 3.63. The molecule has 0 radical (unpaired) electrons. The Kier molecular flexibility index (Phi) is 5.50. The number of sulfonamides is 1. The number of benzene rings is 1. The predicted molar refractivity (Wildman–Crippen MR) is 88.0 cm³/mol. The molecule has 2 rings (SSSR count). The second kappa shape index (κ2) is 6.77. The summed E-state index contributed by atoms with van der Waals surface area (Å²) >= 11 is 6.55. The van der Waals surface area contributed by atoms with Gasteiger partial charge in [-0.1, -0.05) is 41.6 Å². The highest BCUT2D eigenvalue weighted by molar-refractivity contribution is 9.11. The maximum atomic E-state index is 12.3. The summed E-state index contributed by atoms with van der Waals surface area (Å²) in [4.78, 5) is 0.118. The molecule has 1 aliphatic carbocycles. The first kappa shape index (κ1) is 16.3. The maximum absolute atomic E-state index is 12.3. The van der Waals surface area contributed by atoms with Crippen molar-refractivity contribution in [1.82, 2.24) is 4.72 Å². The zero-order valence-electron chi connectivity index (χ0n) is 11.0. The first-order valence-electron chi connectivity index (χ1n) is 6.64. The molecule has 0 aliphatic heterocycles. The normalized spacial score (nSPS) is 16.7. The molecule has 0 atom stereocenters. The summed E-state index contributed by atoms with van der Waals surface area (Å²) in [5.74, 6) is 0.656.